The number of carbonyl (C=O) groups excluding carboxylic acids is 1. The monoisotopic (exact) mass is 369 g/mol. The highest BCUT2D eigenvalue weighted by Gasteiger charge is 2.10. The number of nitrogens with one attached hydrogen (secondary N) is 1. The number of ketones is 1. The lowest BCUT2D eigenvalue weighted by atomic mass is 10.1. The highest BCUT2D eigenvalue weighted by molar-refractivity contribution is 7.89. The van der Waals surface area contributed by atoms with Gasteiger partial charge in [-0.1, -0.05) is 30.3 Å². The van der Waals surface area contributed by atoms with E-state index < -0.39 is 10.0 Å². The summed E-state index contributed by atoms with van der Waals surface area (Å²) in [5.74, 6) is -0.00750. The second-order valence-corrected chi connectivity index (χ2v) is 7.65. The van der Waals surface area contributed by atoms with Crippen LogP contribution in [0.25, 0.3) is 10.9 Å². The van der Waals surface area contributed by atoms with Crippen LogP contribution >= 0.6 is 0 Å². The molecule has 0 unspecified atom stereocenters. The quantitative estimate of drug-likeness (QED) is 0.695. The van der Waals surface area contributed by atoms with Crippen molar-refractivity contribution in [1.29, 1.82) is 0 Å². The summed E-state index contributed by atoms with van der Waals surface area (Å²) in [7, 11) is -3.72. The van der Waals surface area contributed by atoms with E-state index in [9.17, 15) is 13.2 Å². The summed E-state index contributed by atoms with van der Waals surface area (Å²) in [6.07, 6.45) is 0.208. The zero-order valence-electron chi connectivity index (χ0n) is 14.3. The fourth-order valence-corrected chi connectivity index (χ4v) is 3.25. The first kappa shape index (κ1) is 18.0. The summed E-state index contributed by atoms with van der Waals surface area (Å²) in [6.45, 7) is 2.08. The van der Waals surface area contributed by atoms with E-state index in [4.69, 9.17) is 5.14 Å². The summed E-state index contributed by atoms with van der Waals surface area (Å²) < 4.78 is 22.5. The van der Waals surface area contributed by atoms with Crippen molar-refractivity contribution in [3.05, 3.63) is 65.9 Å². The number of primary sulfonamides is 1. The Morgan fingerprint density at radius 3 is 2.50 bits per heavy atom. The smallest absolute Gasteiger partial charge is 0.238 e. The Balaban J connectivity index is 1.68. The third-order valence-corrected chi connectivity index (χ3v) is 4.90. The van der Waals surface area contributed by atoms with E-state index >= 15 is 0 Å². The van der Waals surface area contributed by atoms with Crippen LogP contribution in [0.5, 0.6) is 0 Å². The molecular formula is C19H19N3O3S. The molecule has 3 rings (SSSR count). The molecule has 1 aromatic heterocycles. The van der Waals surface area contributed by atoms with Crippen LogP contribution in [0.2, 0.25) is 0 Å². The molecule has 1 heterocycles. The van der Waals surface area contributed by atoms with Gasteiger partial charge in [-0.25, -0.2) is 13.6 Å². The van der Waals surface area contributed by atoms with Gasteiger partial charge in [-0.2, -0.15) is 0 Å². The molecule has 6 nitrogen and oxygen atoms in total. The number of anilines is 1. The van der Waals surface area contributed by atoms with E-state index in [1.807, 2.05) is 37.3 Å². The molecule has 0 saturated heterocycles. The van der Waals surface area contributed by atoms with Gasteiger partial charge in [-0.15, -0.1) is 0 Å². The molecule has 0 aliphatic heterocycles. The summed E-state index contributed by atoms with van der Waals surface area (Å²) in [5, 5.41) is 9.21. The highest BCUT2D eigenvalue weighted by Crippen LogP contribution is 2.22. The molecule has 0 saturated carbocycles. The summed E-state index contributed by atoms with van der Waals surface area (Å²) in [6, 6.07) is 15.7. The van der Waals surface area contributed by atoms with E-state index in [1.165, 1.54) is 12.1 Å². The second-order valence-electron chi connectivity index (χ2n) is 6.09. The molecule has 0 bridgehead atoms. The minimum absolute atomic E-state index is 0.00750. The number of benzene rings is 2. The maximum Gasteiger partial charge on any atom is 0.238 e. The third-order valence-electron chi connectivity index (χ3n) is 3.97. The van der Waals surface area contributed by atoms with Crippen LogP contribution in [0.1, 0.15) is 11.3 Å². The minimum Gasteiger partial charge on any atom is -0.377 e. The number of carbonyl (C=O) groups is 1. The number of aryl methyl sites for hydroxylation is 1. The minimum atomic E-state index is -3.72. The van der Waals surface area contributed by atoms with E-state index in [2.05, 4.69) is 10.3 Å². The average Bonchev–Trinajstić information content (AvgIpc) is 2.59. The van der Waals surface area contributed by atoms with Crippen molar-refractivity contribution in [3.63, 3.8) is 0 Å². The predicted molar refractivity (Wildman–Crippen MR) is 101 cm³/mol. The second kappa shape index (κ2) is 7.23. The number of hydrogen-bond donors (Lipinski definition) is 2. The lowest BCUT2D eigenvalue weighted by molar-refractivity contribution is -0.116. The number of aromatic nitrogens is 1. The molecule has 0 radical (unpaired) electrons. The van der Waals surface area contributed by atoms with Gasteiger partial charge in [0.2, 0.25) is 10.0 Å². The van der Waals surface area contributed by atoms with Crippen LogP contribution in [0.15, 0.2) is 59.5 Å². The molecule has 0 atom stereocenters. The number of nitrogens with two attached hydrogens (primary N) is 1. The number of Topliss-reactive ketones (excluding diaryl/α,β-unsaturated/α-hetero) is 1. The van der Waals surface area contributed by atoms with Gasteiger partial charge in [-0.05, 0) is 36.8 Å². The van der Waals surface area contributed by atoms with Crippen LogP contribution in [0.4, 0.5) is 5.69 Å². The Morgan fingerprint density at radius 2 is 1.81 bits per heavy atom. The van der Waals surface area contributed by atoms with E-state index in [0.717, 1.165) is 27.8 Å². The maximum atomic E-state index is 12.3. The summed E-state index contributed by atoms with van der Waals surface area (Å²) >= 11 is 0. The van der Waals surface area contributed by atoms with Gasteiger partial charge >= 0.3 is 0 Å². The fraction of sp³-hybridized carbons (Fsp3) is 0.158. The molecule has 3 N–H and O–H groups in total. The van der Waals surface area contributed by atoms with Crippen molar-refractivity contribution in [2.24, 2.45) is 5.14 Å². The van der Waals surface area contributed by atoms with Crippen molar-refractivity contribution < 1.29 is 13.2 Å². The van der Waals surface area contributed by atoms with Gasteiger partial charge in [0.05, 0.1) is 17.0 Å². The van der Waals surface area contributed by atoms with Crippen molar-refractivity contribution >= 4 is 32.4 Å². The normalized spacial score (nSPS) is 11.5. The van der Waals surface area contributed by atoms with Crippen LogP contribution in [-0.4, -0.2) is 25.7 Å². The summed E-state index contributed by atoms with van der Waals surface area (Å²) in [5.41, 5.74) is 3.35. The number of para-hydroxylation sites is 1. The molecule has 2 aromatic carbocycles. The molecule has 26 heavy (non-hydrogen) atoms. The van der Waals surface area contributed by atoms with Gasteiger partial charge < -0.3 is 5.32 Å². The molecular weight excluding hydrogens is 350 g/mol. The Morgan fingerprint density at radius 1 is 1.12 bits per heavy atom. The van der Waals surface area contributed by atoms with Gasteiger partial charge in [0, 0.05) is 23.2 Å². The number of rotatable bonds is 6. The number of pyridine rings is 1. The number of nitrogens with zero attached hydrogens (tertiary/aromatic N) is 1. The Hall–Kier alpha value is -2.77. The van der Waals surface area contributed by atoms with Crippen molar-refractivity contribution in [2.75, 3.05) is 11.9 Å². The molecule has 0 fully saturated rings. The Bertz CT molecular complexity index is 1060. The largest absolute Gasteiger partial charge is 0.377 e. The Kier molecular flexibility index (Phi) is 5.01. The van der Waals surface area contributed by atoms with E-state index in [1.54, 1.807) is 12.1 Å². The first-order valence-corrected chi connectivity index (χ1v) is 9.61. The van der Waals surface area contributed by atoms with Gasteiger partial charge in [0.1, 0.15) is 0 Å². The lowest BCUT2D eigenvalue weighted by Crippen LogP contribution is -2.16. The van der Waals surface area contributed by atoms with E-state index in [0.29, 0.717) is 0 Å². The highest BCUT2D eigenvalue weighted by atomic mass is 32.2. The SMILES string of the molecule is Cc1cc(NCC(=O)Cc2ccc(S(N)(=O)=O)cc2)c2ccccc2n1. The zero-order valence-corrected chi connectivity index (χ0v) is 15.1. The number of fused-ring (bicyclic) bond motifs is 1. The molecule has 0 amide bonds. The standard InChI is InChI=1S/C19H19N3O3S/c1-13-10-19(17-4-2-3-5-18(17)22-13)21-12-15(23)11-14-6-8-16(9-7-14)26(20,24)25/h2-10H,11-12H2,1H3,(H,21,22)(H2,20,24,25). The Labute approximate surface area is 152 Å². The molecule has 0 spiro atoms. The van der Waals surface area contributed by atoms with Crippen LogP contribution in [0, 0.1) is 6.92 Å². The number of sulfonamides is 1. The van der Waals surface area contributed by atoms with Crippen LogP contribution in [-0.2, 0) is 21.2 Å². The lowest BCUT2D eigenvalue weighted by Gasteiger charge is -2.10. The first-order valence-electron chi connectivity index (χ1n) is 8.06. The van der Waals surface area contributed by atoms with Crippen LogP contribution in [0.3, 0.4) is 0 Å². The molecule has 3 aromatic rings. The number of hydrogen-bond acceptors (Lipinski definition) is 5. The van der Waals surface area contributed by atoms with Crippen molar-refractivity contribution in [1.82, 2.24) is 4.98 Å². The first-order chi connectivity index (χ1) is 12.3. The zero-order chi connectivity index (χ0) is 18.7. The van der Waals surface area contributed by atoms with Gasteiger partial charge in [0.25, 0.3) is 0 Å². The van der Waals surface area contributed by atoms with Crippen molar-refractivity contribution in [3.8, 4) is 0 Å². The van der Waals surface area contributed by atoms with E-state index in [-0.39, 0.29) is 23.6 Å². The van der Waals surface area contributed by atoms with Gasteiger partial charge in [0.15, 0.2) is 5.78 Å². The fourth-order valence-electron chi connectivity index (χ4n) is 2.74. The topological polar surface area (TPSA) is 102 Å². The van der Waals surface area contributed by atoms with Crippen molar-refractivity contribution in [2.45, 2.75) is 18.2 Å². The molecule has 7 heteroatoms. The molecule has 0 aliphatic carbocycles. The molecule has 134 valence electrons. The predicted octanol–water partition coefficient (Wildman–Crippen LogP) is 2.41. The maximum absolute atomic E-state index is 12.3. The van der Waals surface area contributed by atoms with Crippen LogP contribution < -0.4 is 10.5 Å². The summed E-state index contributed by atoms with van der Waals surface area (Å²) in [4.78, 5) is 16.8. The van der Waals surface area contributed by atoms with Gasteiger partial charge in [-0.3, -0.25) is 9.78 Å². The molecule has 0 aliphatic rings. The third kappa shape index (κ3) is 4.25. The average molecular weight is 369 g/mol.